The molecular weight excluding hydrogens is 440 g/mol. The lowest BCUT2D eigenvalue weighted by molar-refractivity contribution is -0.135. The molecular formula is C18H14BrClN2O5. The number of hydrogen-bond acceptors (Lipinski definition) is 6. The average molecular weight is 454 g/mol. The predicted molar refractivity (Wildman–Crippen MR) is 101 cm³/mol. The van der Waals surface area contributed by atoms with E-state index >= 15 is 0 Å². The van der Waals surface area contributed by atoms with Crippen LogP contribution in [0, 0.1) is 0 Å². The van der Waals surface area contributed by atoms with Gasteiger partial charge in [0.05, 0.1) is 0 Å². The molecule has 4 rings (SSSR count). The molecule has 2 aliphatic rings. The number of carbonyl (C=O) groups excluding carboxylic acids is 1. The Morgan fingerprint density at radius 2 is 2.00 bits per heavy atom. The Hall–Kier alpha value is -2.45. The highest BCUT2D eigenvalue weighted by Crippen LogP contribution is 2.42. The topological polar surface area (TPSA) is 69.6 Å². The number of nitrogens with zero attached hydrogens (tertiary/aromatic N) is 2. The highest BCUT2D eigenvalue weighted by atomic mass is 79.9. The van der Waals surface area contributed by atoms with Gasteiger partial charge in [-0.05, 0) is 36.4 Å². The SMILES string of the molecule is CC(=O)N1N=C(COc2ccc(Cl)cc2)OC1c1cc2c(cc1Br)OCO2. The van der Waals surface area contributed by atoms with Crippen LogP contribution >= 0.6 is 27.5 Å². The van der Waals surface area contributed by atoms with Gasteiger partial charge in [0, 0.05) is 22.0 Å². The molecule has 0 fully saturated rings. The van der Waals surface area contributed by atoms with E-state index in [1.54, 1.807) is 36.4 Å². The van der Waals surface area contributed by atoms with E-state index in [1.807, 2.05) is 0 Å². The molecule has 27 heavy (non-hydrogen) atoms. The van der Waals surface area contributed by atoms with Crippen molar-refractivity contribution in [2.75, 3.05) is 13.4 Å². The first kappa shape index (κ1) is 17.9. The fraction of sp³-hybridized carbons (Fsp3) is 0.222. The molecule has 0 N–H and O–H groups in total. The number of rotatable bonds is 4. The molecule has 1 amide bonds. The smallest absolute Gasteiger partial charge is 0.247 e. The normalized spacial score (nSPS) is 17.5. The maximum absolute atomic E-state index is 12.0. The third kappa shape index (κ3) is 3.68. The molecule has 0 radical (unpaired) electrons. The second-order valence-electron chi connectivity index (χ2n) is 5.80. The summed E-state index contributed by atoms with van der Waals surface area (Å²) in [5.74, 6) is 1.87. The van der Waals surface area contributed by atoms with Gasteiger partial charge >= 0.3 is 0 Å². The van der Waals surface area contributed by atoms with Gasteiger partial charge in [-0.3, -0.25) is 4.79 Å². The average Bonchev–Trinajstić information content (AvgIpc) is 3.26. The van der Waals surface area contributed by atoms with Crippen molar-refractivity contribution in [2.24, 2.45) is 5.10 Å². The molecule has 2 aromatic rings. The van der Waals surface area contributed by atoms with Crippen LogP contribution < -0.4 is 14.2 Å². The number of hydrazone groups is 1. The molecule has 0 spiro atoms. The molecule has 0 aliphatic carbocycles. The van der Waals surface area contributed by atoms with Crippen LogP contribution in [-0.4, -0.2) is 30.2 Å². The van der Waals surface area contributed by atoms with Crippen LogP contribution in [0.4, 0.5) is 0 Å². The molecule has 1 unspecified atom stereocenters. The minimum absolute atomic E-state index is 0.0735. The van der Waals surface area contributed by atoms with Gasteiger partial charge in [-0.2, -0.15) is 5.01 Å². The van der Waals surface area contributed by atoms with E-state index in [0.29, 0.717) is 27.8 Å². The van der Waals surface area contributed by atoms with Crippen LogP contribution in [0.1, 0.15) is 18.7 Å². The summed E-state index contributed by atoms with van der Waals surface area (Å²) < 4.78 is 23.0. The fourth-order valence-corrected chi connectivity index (χ4v) is 3.31. The van der Waals surface area contributed by atoms with Gasteiger partial charge in [0.25, 0.3) is 0 Å². The minimum atomic E-state index is -0.727. The first-order valence-electron chi connectivity index (χ1n) is 8.02. The molecule has 2 heterocycles. The second-order valence-corrected chi connectivity index (χ2v) is 7.09. The highest BCUT2D eigenvalue weighted by molar-refractivity contribution is 9.10. The van der Waals surface area contributed by atoms with Gasteiger partial charge in [0.15, 0.2) is 18.1 Å². The maximum Gasteiger partial charge on any atom is 0.247 e. The van der Waals surface area contributed by atoms with Crippen LogP contribution in [0.5, 0.6) is 17.2 Å². The van der Waals surface area contributed by atoms with Crippen molar-refractivity contribution in [3.63, 3.8) is 0 Å². The first-order valence-corrected chi connectivity index (χ1v) is 9.19. The lowest BCUT2D eigenvalue weighted by atomic mass is 10.1. The van der Waals surface area contributed by atoms with Crippen LogP contribution in [0.3, 0.4) is 0 Å². The lowest BCUT2D eigenvalue weighted by Crippen LogP contribution is -2.25. The Kier molecular flexibility index (Phi) is 4.84. The monoisotopic (exact) mass is 452 g/mol. The third-order valence-corrected chi connectivity index (χ3v) is 4.88. The quantitative estimate of drug-likeness (QED) is 0.697. The van der Waals surface area contributed by atoms with Gasteiger partial charge in [0.1, 0.15) is 5.75 Å². The summed E-state index contributed by atoms with van der Waals surface area (Å²) in [4.78, 5) is 12.0. The molecule has 0 saturated heterocycles. The van der Waals surface area contributed by atoms with E-state index in [-0.39, 0.29) is 25.2 Å². The van der Waals surface area contributed by atoms with Gasteiger partial charge in [-0.25, -0.2) is 0 Å². The molecule has 2 aromatic carbocycles. The molecule has 7 nitrogen and oxygen atoms in total. The van der Waals surface area contributed by atoms with Crippen molar-refractivity contribution < 1.29 is 23.7 Å². The Morgan fingerprint density at radius 3 is 2.70 bits per heavy atom. The van der Waals surface area contributed by atoms with E-state index in [4.69, 9.17) is 30.5 Å². The Morgan fingerprint density at radius 1 is 1.30 bits per heavy atom. The van der Waals surface area contributed by atoms with Crippen molar-refractivity contribution >= 4 is 39.3 Å². The first-order chi connectivity index (χ1) is 13.0. The fourth-order valence-electron chi connectivity index (χ4n) is 2.67. The molecule has 9 heteroatoms. The Bertz CT molecular complexity index is 919. The predicted octanol–water partition coefficient (Wildman–Crippen LogP) is 4.10. The molecule has 0 aromatic heterocycles. The van der Waals surface area contributed by atoms with Crippen LogP contribution in [0.2, 0.25) is 5.02 Å². The standard InChI is InChI=1S/C18H14BrClN2O5/c1-10(23)22-18(13-6-15-16(7-14(13)19)26-9-25-15)27-17(21-22)8-24-12-4-2-11(20)3-5-12/h2-7,18H,8-9H2,1H3. The van der Waals surface area contributed by atoms with E-state index in [0.717, 1.165) is 4.47 Å². The molecule has 0 saturated carbocycles. The zero-order valence-corrected chi connectivity index (χ0v) is 16.5. The van der Waals surface area contributed by atoms with Crippen molar-refractivity contribution in [1.82, 2.24) is 5.01 Å². The van der Waals surface area contributed by atoms with Gasteiger partial charge in [-0.15, -0.1) is 5.10 Å². The summed E-state index contributed by atoms with van der Waals surface area (Å²) >= 11 is 9.35. The maximum atomic E-state index is 12.0. The second kappa shape index (κ2) is 7.28. The van der Waals surface area contributed by atoms with E-state index < -0.39 is 6.23 Å². The summed E-state index contributed by atoms with van der Waals surface area (Å²) in [7, 11) is 0. The largest absolute Gasteiger partial charge is 0.484 e. The number of carbonyl (C=O) groups is 1. The summed E-state index contributed by atoms with van der Waals surface area (Å²) in [6.45, 7) is 1.65. The van der Waals surface area contributed by atoms with E-state index in [9.17, 15) is 4.79 Å². The number of hydrogen-bond donors (Lipinski definition) is 0. The van der Waals surface area contributed by atoms with Crippen molar-refractivity contribution in [1.29, 1.82) is 0 Å². The molecule has 0 bridgehead atoms. The summed E-state index contributed by atoms with van der Waals surface area (Å²) in [5, 5.41) is 6.13. The minimum Gasteiger partial charge on any atom is -0.484 e. The number of ether oxygens (including phenoxy) is 4. The van der Waals surface area contributed by atoms with E-state index in [1.165, 1.54) is 11.9 Å². The zero-order valence-electron chi connectivity index (χ0n) is 14.1. The van der Waals surface area contributed by atoms with E-state index in [2.05, 4.69) is 21.0 Å². The summed E-state index contributed by atoms with van der Waals surface area (Å²) in [6.07, 6.45) is -0.727. The third-order valence-electron chi connectivity index (χ3n) is 3.95. The number of benzene rings is 2. The Balaban J connectivity index is 1.53. The summed E-state index contributed by atoms with van der Waals surface area (Å²) in [6, 6.07) is 10.5. The van der Waals surface area contributed by atoms with Gasteiger partial charge < -0.3 is 18.9 Å². The van der Waals surface area contributed by atoms with Gasteiger partial charge in [-0.1, -0.05) is 27.5 Å². The van der Waals surface area contributed by atoms with Gasteiger partial charge in [0.2, 0.25) is 24.8 Å². The zero-order chi connectivity index (χ0) is 19.0. The number of halogens is 2. The molecule has 1 atom stereocenters. The number of amides is 1. The van der Waals surface area contributed by atoms with Crippen molar-refractivity contribution in [3.05, 3.63) is 51.5 Å². The number of fused-ring (bicyclic) bond motifs is 1. The molecule has 2 aliphatic heterocycles. The van der Waals surface area contributed by atoms with Crippen LogP contribution in [-0.2, 0) is 9.53 Å². The van der Waals surface area contributed by atoms with Crippen molar-refractivity contribution in [3.8, 4) is 17.2 Å². The highest BCUT2D eigenvalue weighted by Gasteiger charge is 2.35. The molecule has 140 valence electrons. The van der Waals surface area contributed by atoms with Crippen molar-refractivity contribution in [2.45, 2.75) is 13.2 Å². The van der Waals surface area contributed by atoms with Crippen LogP contribution in [0.15, 0.2) is 46.0 Å². The van der Waals surface area contributed by atoms with Crippen LogP contribution in [0.25, 0.3) is 0 Å². The Labute approximate surface area is 168 Å². The summed E-state index contributed by atoms with van der Waals surface area (Å²) in [5.41, 5.74) is 0.694. The lowest BCUT2D eigenvalue weighted by Gasteiger charge is -2.20.